The van der Waals surface area contributed by atoms with Crippen LogP contribution in [0.1, 0.15) is 16.8 Å². The van der Waals surface area contributed by atoms with Crippen LogP contribution in [-0.2, 0) is 17.8 Å². The SMILES string of the molecule is [C-]#[N+]c1ccccc1CN1C(=O)Cc2ncc(-c3cccc(C#N)c3)cc21. The number of para-hydroxylation sites is 1. The van der Waals surface area contributed by atoms with E-state index in [2.05, 4.69) is 15.9 Å². The van der Waals surface area contributed by atoms with Crippen molar-refractivity contribution in [1.29, 1.82) is 5.26 Å². The van der Waals surface area contributed by atoms with Crippen LogP contribution in [0.25, 0.3) is 16.0 Å². The second-order valence-corrected chi connectivity index (χ2v) is 6.28. The highest BCUT2D eigenvalue weighted by atomic mass is 16.2. The van der Waals surface area contributed by atoms with Crippen molar-refractivity contribution >= 4 is 17.3 Å². The molecule has 1 aliphatic rings. The van der Waals surface area contributed by atoms with Gasteiger partial charge < -0.3 is 4.90 Å². The number of nitriles is 1. The van der Waals surface area contributed by atoms with Crippen LogP contribution in [0.3, 0.4) is 0 Å². The largest absolute Gasteiger partial charge is 0.307 e. The van der Waals surface area contributed by atoms with Crippen molar-refractivity contribution in [2.75, 3.05) is 4.90 Å². The average Bonchev–Trinajstić information content (AvgIpc) is 3.03. The smallest absolute Gasteiger partial charge is 0.233 e. The Hall–Kier alpha value is -3.96. The van der Waals surface area contributed by atoms with E-state index in [0.717, 1.165) is 28.1 Å². The summed E-state index contributed by atoms with van der Waals surface area (Å²) in [5.74, 6) is -0.0276. The van der Waals surface area contributed by atoms with E-state index in [4.69, 9.17) is 11.8 Å². The molecule has 0 N–H and O–H groups in total. The maximum atomic E-state index is 12.5. The van der Waals surface area contributed by atoms with E-state index in [1.165, 1.54) is 0 Å². The molecule has 0 spiro atoms. The summed E-state index contributed by atoms with van der Waals surface area (Å²) in [5, 5.41) is 9.11. The first-order chi connectivity index (χ1) is 13.2. The van der Waals surface area contributed by atoms with Crippen LogP contribution in [0.2, 0.25) is 0 Å². The summed E-state index contributed by atoms with van der Waals surface area (Å²) in [6.45, 7) is 7.66. The molecular formula is C22H14N4O. The van der Waals surface area contributed by atoms with Crippen molar-refractivity contribution in [2.24, 2.45) is 0 Å². The van der Waals surface area contributed by atoms with Crippen molar-refractivity contribution in [3.8, 4) is 17.2 Å². The Labute approximate surface area is 157 Å². The fourth-order valence-corrected chi connectivity index (χ4v) is 3.25. The summed E-state index contributed by atoms with van der Waals surface area (Å²) in [6.07, 6.45) is 1.99. The first kappa shape index (κ1) is 16.5. The van der Waals surface area contributed by atoms with Gasteiger partial charge in [0.2, 0.25) is 5.91 Å². The summed E-state index contributed by atoms with van der Waals surface area (Å²) in [6, 6.07) is 18.7. The molecule has 1 amide bonds. The molecule has 0 saturated heterocycles. The van der Waals surface area contributed by atoms with Crippen molar-refractivity contribution in [1.82, 2.24) is 4.98 Å². The number of benzene rings is 2. The molecule has 0 atom stereocenters. The van der Waals surface area contributed by atoms with Gasteiger partial charge in [-0.05, 0) is 29.3 Å². The van der Waals surface area contributed by atoms with E-state index < -0.39 is 0 Å². The van der Waals surface area contributed by atoms with Gasteiger partial charge in [0.1, 0.15) is 0 Å². The van der Waals surface area contributed by atoms with E-state index in [0.29, 0.717) is 17.8 Å². The van der Waals surface area contributed by atoms with Gasteiger partial charge in [-0.2, -0.15) is 5.26 Å². The lowest BCUT2D eigenvalue weighted by molar-refractivity contribution is -0.117. The average molecular weight is 350 g/mol. The Bertz CT molecular complexity index is 1140. The normalized spacial score (nSPS) is 12.4. The highest BCUT2D eigenvalue weighted by Gasteiger charge is 2.29. The van der Waals surface area contributed by atoms with Gasteiger partial charge in [0, 0.05) is 18.3 Å². The number of hydrogen-bond acceptors (Lipinski definition) is 3. The van der Waals surface area contributed by atoms with Crippen molar-refractivity contribution in [3.05, 3.63) is 89.0 Å². The molecule has 1 aliphatic heterocycles. The van der Waals surface area contributed by atoms with E-state index in [1.807, 2.05) is 36.4 Å². The van der Waals surface area contributed by atoms with E-state index in [-0.39, 0.29) is 12.3 Å². The van der Waals surface area contributed by atoms with E-state index >= 15 is 0 Å². The molecule has 2 heterocycles. The first-order valence-electron chi connectivity index (χ1n) is 8.45. The number of fused-ring (bicyclic) bond motifs is 1. The van der Waals surface area contributed by atoms with Crippen LogP contribution in [0.15, 0.2) is 60.8 Å². The number of aromatic nitrogens is 1. The van der Waals surface area contributed by atoms with Crippen LogP contribution < -0.4 is 4.90 Å². The summed E-state index contributed by atoms with van der Waals surface area (Å²) in [4.78, 5) is 22.2. The summed E-state index contributed by atoms with van der Waals surface area (Å²) >= 11 is 0. The van der Waals surface area contributed by atoms with Gasteiger partial charge in [-0.1, -0.05) is 36.4 Å². The number of carbonyl (C=O) groups is 1. The Morgan fingerprint density at radius 1 is 1.15 bits per heavy atom. The lowest BCUT2D eigenvalue weighted by Crippen LogP contribution is -2.26. The molecule has 1 aromatic heterocycles. The second kappa shape index (κ2) is 6.74. The molecule has 2 aromatic carbocycles. The monoisotopic (exact) mass is 350 g/mol. The van der Waals surface area contributed by atoms with Gasteiger partial charge in [-0.3, -0.25) is 9.78 Å². The third-order valence-electron chi connectivity index (χ3n) is 4.62. The molecule has 27 heavy (non-hydrogen) atoms. The fraction of sp³-hybridized carbons (Fsp3) is 0.0909. The Morgan fingerprint density at radius 2 is 2.00 bits per heavy atom. The van der Waals surface area contributed by atoms with Gasteiger partial charge in [0.25, 0.3) is 0 Å². The standard InChI is InChI=1S/C22H14N4O/c1-24-19-8-3-2-6-17(19)14-26-21-10-18(13-25-20(21)11-22(26)27)16-7-4-5-15(9-16)12-23/h2-10,13H,11,14H2. The number of amides is 1. The highest BCUT2D eigenvalue weighted by Crippen LogP contribution is 2.34. The maximum Gasteiger partial charge on any atom is 0.233 e. The fourth-order valence-electron chi connectivity index (χ4n) is 3.25. The zero-order valence-electron chi connectivity index (χ0n) is 14.4. The predicted octanol–water partition coefficient (Wildman–Crippen LogP) is 4.26. The quantitative estimate of drug-likeness (QED) is 0.663. The zero-order valence-corrected chi connectivity index (χ0v) is 14.4. The molecule has 0 saturated carbocycles. The molecule has 0 bridgehead atoms. The lowest BCUT2D eigenvalue weighted by atomic mass is 10.0. The highest BCUT2D eigenvalue weighted by molar-refractivity contribution is 6.01. The van der Waals surface area contributed by atoms with Crippen LogP contribution in [0, 0.1) is 17.9 Å². The number of hydrogen-bond donors (Lipinski definition) is 0. The molecule has 0 unspecified atom stereocenters. The third-order valence-corrected chi connectivity index (χ3v) is 4.62. The summed E-state index contributed by atoms with van der Waals surface area (Å²) in [7, 11) is 0. The Morgan fingerprint density at radius 3 is 2.81 bits per heavy atom. The van der Waals surface area contributed by atoms with Crippen LogP contribution in [0.4, 0.5) is 11.4 Å². The minimum Gasteiger partial charge on any atom is -0.307 e. The second-order valence-electron chi connectivity index (χ2n) is 6.28. The van der Waals surface area contributed by atoms with Crippen LogP contribution in [-0.4, -0.2) is 10.9 Å². The van der Waals surface area contributed by atoms with Crippen LogP contribution >= 0.6 is 0 Å². The van der Waals surface area contributed by atoms with E-state index in [9.17, 15) is 4.79 Å². The number of rotatable bonds is 3. The van der Waals surface area contributed by atoms with Gasteiger partial charge >= 0.3 is 0 Å². The summed E-state index contributed by atoms with van der Waals surface area (Å²) < 4.78 is 0. The molecule has 5 heteroatoms. The predicted molar refractivity (Wildman–Crippen MR) is 102 cm³/mol. The minimum atomic E-state index is -0.0276. The van der Waals surface area contributed by atoms with Crippen LogP contribution in [0.5, 0.6) is 0 Å². The molecule has 3 aromatic rings. The number of pyridine rings is 1. The molecular weight excluding hydrogens is 336 g/mol. The maximum absolute atomic E-state index is 12.5. The molecule has 0 fully saturated rings. The zero-order chi connectivity index (χ0) is 18.8. The molecule has 5 nitrogen and oxygen atoms in total. The number of anilines is 1. The van der Waals surface area contributed by atoms with Crippen molar-refractivity contribution < 1.29 is 4.79 Å². The van der Waals surface area contributed by atoms with Gasteiger partial charge in [0.05, 0.1) is 36.0 Å². The third kappa shape index (κ3) is 3.03. The summed E-state index contributed by atoms with van der Waals surface area (Å²) in [5.41, 5.74) is 5.16. The topological polar surface area (TPSA) is 61.4 Å². The molecule has 0 radical (unpaired) electrons. The molecule has 0 aliphatic carbocycles. The van der Waals surface area contributed by atoms with Crippen molar-refractivity contribution in [3.63, 3.8) is 0 Å². The lowest BCUT2D eigenvalue weighted by Gasteiger charge is -2.19. The Balaban J connectivity index is 1.73. The molecule has 128 valence electrons. The first-order valence-corrected chi connectivity index (χ1v) is 8.45. The minimum absolute atomic E-state index is 0.0276. The van der Waals surface area contributed by atoms with Crippen molar-refractivity contribution in [2.45, 2.75) is 13.0 Å². The van der Waals surface area contributed by atoms with E-state index in [1.54, 1.807) is 29.3 Å². The Kier molecular flexibility index (Phi) is 4.12. The van der Waals surface area contributed by atoms with Gasteiger partial charge in [-0.25, -0.2) is 4.85 Å². The number of carbonyl (C=O) groups excluding carboxylic acids is 1. The molecule has 4 rings (SSSR count). The number of nitrogens with zero attached hydrogens (tertiary/aromatic N) is 4. The van der Waals surface area contributed by atoms with Gasteiger partial charge in [-0.15, -0.1) is 0 Å². The van der Waals surface area contributed by atoms with Gasteiger partial charge in [0.15, 0.2) is 5.69 Å².